The molecule has 2 aliphatic rings. The Morgan fingerprint density at radius 3 is 1.75 bits per heavy atom. The summed E-state index contributed by atoms with van der Waals surface area (Å²) in [6.45, 7) is 5.02. The van der Waals surface area contributed by atoms with Crippen molar-refractivity contribution in [2.75, 3.05) is 20.6 Å². The molecule has 2 fully saturated rings. The van der Waals surface area contributed by atoms with Crippen LogP contribution in [0.5, 0.6) is 0 Å². The first-order valence-electron chi connectivity index (χ1n) is 16.4. The van der Waals surface area contributed by atoms with E-state index in [1.54, 1.807) is 24.5 Å². The number of piperidine rings is 1. The number of pyridine rings is 2. The third kappa shape index (κ3) is 8.75. The predicted molar refractivity (Wildman–Crippen MR) is 186 cm³/mol. The number of carbonyl (C=O) groups excluding carboxylic acids is 2. The van der Waals surface area contributed by atoms with E-state index >= 15 is 0 Å². The topological polar surface area (TPSA) is 66.4 Å². The van der Waals surface area contributed by atoms with Crippen LogP contribution in [0.25, 0.3) is 0 Å². The number of hydrogen-bond acceptors (Lipinski definition) is 4. The van der Waals surface area contributed by atoms with E-state index in [4.69, 9.17) is 0 Å². The van der Waals surface area contributed by atoms with Crippen molar-refractivity contribution in [1.82, 2.24) is 19.8 Å². The lowest BCUT2D eigenvalue weighted by molar-refractivity contribution is -0.140. The zero-order valence-corrected chi connectivity index (χ0v) is 28.0. The minimum atomic E-state index is -0.276. The van der Waals surface area contributed by atoms with Gasteiger partial charge in [0, 0.05) is 60.8 Å². The van der Waals surface area contributed by atoms with E-state index < -0.39 is 0 Å². The number of benzene rings is 2. The summed E-state index contributed by atoms with van der Waals surface area (Å²) in [7, 11) is 3.73. The Morgan fingerprint density at radius 1 is 0.667 bits per heavy atom. The lowest BCUT2D eigenvalue weighted by Gasteiger charge is -2.42. The lowest BCUT2D eigenvalue weighted by Crippen LogP contribution is -2.51. The third-order valence-corrected chi connectivity index (χ3v) is 9.10. The Morgan fingerprint density at radius 2 is 1.19 bits per heavy atom. The highest BCUT2D eigenvalue weighted by molar-refractivity contribution is 5.84. The summed E-state index contributed by atoms with van der Waals surface area (Å²) in [5.74, 6) is 12.0. The minimum Gasteiger partial charge on any atom is -0.345 e. The van der Waals surface area contributed by atoms with Crippen LogP contribution in [0.15, 0.2) is 91.3 Å². The Labute approximate surface area is 283 Å². The normalized spacial score (nSPS) is 18.7. The number of likely N-dealkylation sites (N-methyl/N-ethyl adjacent to an activating group) is 2. The molecule has 2 aromatic carbocycles. The van der Waals surface area contributed by atoms with Gasteiger partial charge in [0.05, 0.1) is 23.2 Å². The number of halogens is 1. The van der Waals surface area contributed by atoms with Gasteiger partial charge in [-0.15, -0.1) is 0 Å². The van der Waals surface area contributed by atoms with Gasteiger partial charge in [0.25, 0.3) is 0 Å². The van der Waals surface area contributed by atoms with Crippen LogP contribution in [0, 0.1) is 29.5 Å². The molecule has 7 heteroatoms. The van der Waals surface area contributed by atoms with Gasteiger partial charge in [-0.25, -0.2) is 4.39 Å². The van der Waals surface area contributed by atoms with Crippen molar-refractivity contribution in [2.45, 2.75) is 63.3 Å². The molecule has 48 heavy (non-hydrogen) atoms. The second-order valence-corrected chi connectivity index (χ2v) is 12.9. The maximum absolute atomic E-state index is 12.9. The average Bonchev–Trinajstić information content (AvgIpc) is 3.27. The molecule has 2 saturated heterocycles. The summed E-state index contributed by atoms with van der Waals surface area (Å²) < 4.78 is 12.9. The van der Waals surface area contributed by atoms with Crippen LogP contribution in [-0.2, 0) is 9.59 Å². The average molecular weight is 641 g/mol. The molecule has 6 rings (SSSR count). The van der Waals surface area contributed by atoms with E-state index in [9.17, 15) is 14.0 Å². The molecule has 0 N–H and O–H groups in total. The summed E-state index contributed by atoms with van der Waals surface area (Å²) in [6.07, 6.45) is 8.24. The number of rotatable bonds is 2. The maximum atomic E-state index is 12.9. The highest BCUT2D eigenvalue weighted by Crippen LogP contribution is 2.35. The van der Waals surface area contributed by atoms with Gasteiger partial charge in [0.2, 0.25) is 11.8 Å². The maximum Gasteiger partial charge on any atom is 0.231 e. The second-order valence-electron chi connectivity index (χ2n) is 12.9. The molecule has 0 spiro atoms. The summed E-state index contributed by atoms with van der Waals surface area (Å²) in [4.78, 5) is 37.6. The van der Waals surface area contributed by atoms with Gasteiger partial charge in [-0.05, 0) is 100 Å². The van der Waals surface area contributed by atoms with Crippen LogP contribution >= 0.6 is 0 Å². The Kier molecular flexibility index (Phi) is 11.0. The van der Waals surface area contributed by atoms with Crippen molar-refractivity contribution in [2.24, 2.45) is 0 Å². The first kappa shape index (κ1) is 34.1. The van der Waals surface area contributed by atoms with Gasteiger partial charge in [-0.2, -0.15) is 0 Å². The molecule has 244 valence electrons. The Bertz CT molecular complexity index is 1830. The van der Waals surface area contributed by atoms with Crippen molar-refractivity contribution in [1.29, 1.82) is 0 Å². The van der Waals surface area contributed by atoms with E-state index in [2.05, 4.69) is 47.5 Å². The van der Waals surface area contributed by atoms with E-state index in [0.29, 0.717) is 0 Å². The molecule has 6 nitrogen and oxygen atoms in total. The summed E-state index contributed by atoms with van der Waals surface area (Å²) in [5, 5.41) is 0. The summed E-state index contributed by atoms with van der Waals surface area (Å²) >= 11 is 0. The SMILES string of the molecule is CN1C(=O)C(c2ccc(C#Cc3ccc(F)cc3)cn2)CCC1(C)C.CN1CCCCC(c2ccc(C#Cc3ccccc3)cn2)C1=O. The van der Waals surface area contributed by atoms with Gasteiger partial charge < -0.3 is 9.80 Å². The first-order valence-corrected chi connectivity index (χ1v) is 16.4. The molecule has 0 aliphatic carbocycles. The smallest absolute Gasteiger partial charge is 0.231 e. The van der Waals surface area contributed by atoms with Crippen LogP contribution in [0.3, 0.4) is 0 Å². The van der Waals surface area contributed by atoms with Gasteiger partial charge in [-0.3, -0.25) is 19.6 Å². The number of hydrogen-bond donors (Lipinski definition) is 0. The Hall–Kier alpha value is -5.27. The molecule has 4 heterocycles. The van der Waals surface area contributed by atoms with Crippen molar-refractivity contribution in [3.05, 3.63) is 131 Å². The molecule has 2 unspecified atom stereocenters. The Balaban J connectivity index is 0.000000188. The van der Waals surface area contributed by atoms with E-state index in [1.165, 1.54) is 12.1 Å². The van der Waals surface area contributed by atoms with E-state index in [1.807, 2.05) is 78.5 Å². The first-order chi connectivity index (χ1) is 23.1. The fourth-order valence-corrected chi connectivity index (χ4v) is 5.78. The number of nitrogens with zero attached hydrogens (tertiary/aromatic N) is 4. The molecular weight excluding hydrogens is 599 g/mol. The number of likely N-dealkylation sites (tertiary alicyclic amines) is 2. The predicted octanol–water partition coefficient (Wildman–Crippen LogP) is 6.94. The largest absolute Gasteiger partial charge is 0.345 e. The van der Waals surface area contributed by atoms with Crippen LogP contribution in [0.2, 0.25) is 0 Å². The second kappa shape index (κ2) is 15.5. The van der Waals surface area contributed by atoms with Crippen molar-refractivity contribution < 1.29 is 14.0 Å². The van der Waals surface area contributed by atoms with Gasteiger partial charge in [0.1, 0.15) is 5.82 Å². The van der Waals surface area contributed by atoms with E-state index in [-0.39, 0.29) is 35.0 Å². The molecule has 2 aromatic heterocycles. The highest BCUT2D eigenvalue weighted by Gasteiger charge is 2.39. The van der Waals surface area contributed by atoms with Crippen molar-refractivity contribution in [3.8, 4) is 23.7 Å². The van der Waals surface area contributed by atoms with Crippen molar-refractivity contribution in [3.63, 3.8) is 0 Å². The molecule has 0 radical (unpaired) electrons. The molecule has 4 aromatic rings. The molecule has 2 atom stereocenters. The summed E-state index contributed by atoms with van der Waals surface area (Å²) in [6, 6.07) is 23.6. The quantitative estimate of drug-likeness (QED) is 0.223. The van der Waals surface area contributed by atoms with Gasteiger partial charge >= 0.3 is 0 Å². The number of aromatic nitrogens is 2. The fraction of sp³-hybridized carbons (Fsp3) is 0.317. The standard InChI is InChI=1S/C21H21FN2O.C20H20N2O/c1-21(2)13-12-18(20(25)24(21)3)19-11-8-16(14-23-19)5-4-15-6-9-17(22)10-7-15;1-22-14-6-5-9-18(20(22)23)19-13-12-17(15-21-19)11-10-16-7-3-2-4-8-16/h6-11,14,18H,12-13H2,1-3H3;2-4,7-8,12-13,15,18H,5-6,9,14H2,1H3. The fourth-order valence-electron chi connectivity index (χ4n) is 5.78. The molecule has 2 amide bonds. The molecular formula is C41H41FN4O2. The zero-order chi connectivity index (χ0) is 34.1. The molecule has 2 aliphatic heterocycles. The molecule has 0 saturated carbocycles. The zero-order valence-electron chi connectivity index (χ0n) is 28.0. The van der Waals surface area contributed by atoms with Crippen LogP contribution < -0.4 is 0 Å². The van der Waals surface area contributed by atoms with Crippen LogP contribution in [0.1, 0.15) is 91.4 Å². The number of amides is 2. The highest BCUT2D eigenvalue weighted by atomic mass is 19.1. The summed E-state index contributed by atoms with van der Waals surface area (Å²) in [5.41, 5.74) is 4.91. The number of carbonyl (C=O) groups is 2. The van der Waals surface area contributed by atoms with Gasteiger partial charge in [0.15, 0.2) is 0 Å². The van der Waals surface area contributed by atoms with Crippen LogP contribution in [-0.4, -0.2) is 57.8 Å². The minimum absolute atomic E-state index is 0.103. The lowest BCUT2D eigenvalue weighted by atomic mass is 9.83. The molecule has 0 bridgehead atoms. The van der Waals surface area contributed by atoms with Gasteiger partial charge in [-0.1, -0.05) is 48.3 Å². The van der Waals surface area contributed by atoms with E-state index in [0.717, 1.165) is 72.3 Å². The monoisotopic (exact) mass is 640 g/mol. The third-order valence-electron chi connectivity index (χ3n) is 9.10. The van der Waals surface area contributed by atoms with Crippen LogP contribution in [0.4, 0.5) is 4.39 Å². The van der Waals surface area contributed by atoms with Crippen molar-refractivity contribution >= 4 is 11.8 Å².